The Labute approximate surface area is 162 Å². The molecule has 2 aromatic carbocycles. The van der Waals surface area contributed by atoms with Crippen LogP contribution in [-0.4, -0.2) is 20.1 Å². The van der Waals surface area contributed by atoms with E-state index in [1.807, 2.05) is 19.1 Å². The van der Waals surface area contributed by atoms with E-state index in [9.17, 15) is 13.2 Å². The minimum atomic E-state index is -3.33. The van der Waals surface area contributed by atoms with Gasteiger partial charge in [-0.05, 0) is 54.7 Å². The summed E-state index contributed by atoms with van der Waals surface area (Å²) in [5, 5.41) is 2.97. The maximum atomic E-state index is 12.5. The highest BCUT2D eigenvalue weighted by molar-refractivity contribution is 7.92. The number of anilines is 1. The molecule has 0 bridgehead atoms. The Hall–Kier alpha value is -2.34. The topological polar surface area (TPSA) is 75.3 Å². The summed E-state index contributed by atoms with van der Waals surface area (Å²) in [5.41, 5.74) is 3.29. The molecule has 6 heteroatoms. The molecule has 0 heterocycles. The van der Waals surface area contributed by atoms with Gasteiger partial charge in [0.15, 0.2) is 0 Å². The molecule has 2 aromatic rings. The first-order valence-electron chi connectivity index (χ1n) is 9.03. The van der Waals surface area contributed by atoms with E-state index in [0.717, 1.165) is 5.56 Å². The molecule has 2 N–H and O–H groups in total. The summed E-state index contributed by atoms with van der Waals surface area (Å²) in [6.45, 7) is 10.00. The van der Waals surface area contributed by atoms with Crippen LogP contribution in [0.25, 0.3) is 0 Å². The van der Waals surface area contributed by atoms with Gasteiger partial charge >= 0.3 is 0 Å². The Morgan fingerprint density at radius 3 is 2.04 bits per heavy atom. The standard InChI is InChI=1S/C21H28N2O3S/c1-6-27(25,26)23-19-13-9-17(10-14-19)20(24)22-15(2)16-7-11-18(12-8-16)21(3,4)5/h7-15,23H,6H2,1-5H3,(H,22,24)/t15-/m1/s1. The smallest absolute Gasteiger partial charge is 0.251 e. The SMILES string of the molecule is CCS(=O)(=O)Nc1ccc(C(=O)N[C@H](C)c2ccc(C(C)(C)C)cc2)cc1. The first kappa shape index (κ1) is 21.0. The lowest BCUT2D eigenvalue weighted by atomic mass is 9.86. The van der Waals surface area contributed by atoms with E-state index < -0.39 is 10.0 Å². The van der Waals surface area contributed by atoms with Crippen LogP contribution in [0.4, 0.5) is 5.69 Å². The number of nitrogens with one attached hydrogen (secondary N) is 2. The maximum absolute atomic E-state index is 12.5. The van der Waals surface area contributed by atoms with E-state index in [2.05, 4.69) is 42.9 Å². The summed E-state index contributed by atoms with van der Waals surface area (Å²) in [6.07, 6.45) is 0. The number of rotatable bonds is 6. The summed E-state index contributed by atoms with van der Waals surface area (Å²) in [4.78, 5) is 12.5. The van der Waals surface area contributed by atoms with Crippen LogP contribution >= 0.6 is 0 Å². The molecule has 2 rings (SSSR count). The van der Waals surface area contributed by atoms with Crippen LogP contribution in [0.3, 0.4) is 0 Å². The van der Waals surface area contributed by atoms with Crippen LogP contribution in [0.2, 0.25) is 0 Å². The lowest BCUT2D eigenvalue weighted by Crippen LogP contribution is -2.26. The third kappa shape index (κ3) is 5.82. The highest BCUT2D eigenvalue weighted by atomic mass is 32.2. The second-order valence-corrected chi connectivity index (χ2v) is 9.66. The average molecular weight is 389 g/mol. The Morgan fingerprint density at radius 2 is 1.56 bits per heavy atom. The summed E-state index contributed by atoms with van der Waals surface area (Å²) >= 11 is 0. The van der Waals surface area contributed by atoms with Crippen molar-refractivity contribution in [1.29, 1.82) is 0 Å². The monoisotopic (exact) mass is 388 g/mol. The molecule has 27 heavy (non-hydrogen) atoms. The van der Waals surface area contributed by atoms with Gasteiger partial charge in [-0.15, -0.1) is 0 Å². The molecule has 0 aromatic heterocycles. The van der Waals surface area contributed by atoms with Crippen LogP contribution in [0, 0.1) is 0 Å². The van der Waals surface area contributed by atoms with E-state index in [4.69, 9.17) is 0 Å². The molecule has 0 aliphatic rings. The first-order chi connectivity index (χ1) is 12.5. The van der Waals surface area contributed by atoms with Gasteiger partial charge in [0, 0.05) is 11.3 Å². The van der Waals surface area contributed by atoms with Crippen LogP contribution in [-0.2, 0) is 15.4 Å². The number of carbonyl (C=O) groups is 1. The van der Waals surface area contributed by atoms with Gasteiger partial charge in [-0.2, -0.15) is 0 Å². The molecular weight excluding hydrogens is 360 g/mol. The molecule has 0 spiro atoms. The maximum Gasteiger partial charge on any atom is 0.251 e. The average Bonchev–Trinajstić information content (AvgIpc) is 2.61. The first-order valence-corrected chi connectivity index (χ1v) is 10.7. The molecule has 0 aliphatic carbocycles. The lowest BCUT2D eigenvalue weighted by Gasteiger charge is -2.20. The third-order valence-corrected chi connectivity index (χ3v) is 5.73. The van der Waals surface area contributed by atoms with Crippen molar-refractivity contribution in [1.82, 2.24) is 5.32 Å². The molecule has 5 nitrogen and oxygen atoms in total. The summed E-state index contributed by atoms with van der Waals surface area (Å²) in [5.74, 6) is -0.201. The number of benzene rings is 2. The third-order valence-electron chi connectivity index (χ3n) is 4.42. The van der Waals surface area contributed by atoms with Crippen molar-refractivity contribution >= 4 is 21.6 Å². The number of amides is 1. The normalized spacial score (nSPS) is 13.1. The van der Waals surface area contributed by atoms with Crippen LogP contribution in [0.15, 0.2) is 48.5 Å². The van der Waals surface area contributed by atoms with Crippen molar-refractivity contribution < 1.29 is 13.2 Å². The molecule has 0 fully saturated rings. The molecule has 1 amide bonds. The van der Waals surface area contributed by atoms with Gasteiger partial charge in [0.1, 0.15) is 0 Å². The van der Waals surface area contributed by atoms with Crippen molar-refractivity contribution in [2.45, 2.75) is 46.1 Å². The Bertz CT molecular complexity index is 881. The summed E-state index contributed by atoms with van der Waals surface area (Å²) in [6, 6.07) is 14.5. The van der Waals surface area contributed by atoms with Crippen molar-refractivity contribution in [3.8, 4) is 0 Å². The Morgan fingerprint density at radius 1 is 1.00 bits per heavy atom. The predicted molar refractivity (Wildman–Crippen MR) is 111 cm³/mol. The summed E-state index contributed by atoms with van der Waals surface area (Å²) < 4.78 is 25.6. The van der Waals surface area contributed by atoms with Gasteiger partial charge < -0.3 is 5.32 Å². The highest BCUT2D eigenvalue weighted by Gasteiger charge is 2.16. The van der Waals surface area contributed by atoms with Gasteiger partial charge in [-0.25, -0.2) is 8.42 Å². The molecule has 0 saturated heterocycles. The van der Waals surface area contributed by atoms with Crippen molar-refractivity contribution in [3.63, 3.8) is 0 Å². The second-order valence-electron chi connectivity index (χ2n) is 7.65. The van der Waals surface area contributed by atoms with Gasteiger partial charge in [0.25, 0.3) is 5.91 Å². The molecule has 0 aliphatic heterocycles. The van der Waals surface area contributed by atoms with E-state index in [1.54, 1.807) is 31.2 Å². The minimum absolute atomic E-state index is 0.000750. The number of hydrogen-bond donors (Lipinski definition) is 2. The van der Waals surface area contributed by atoms with Crippen molar-refractivity contribution in [2.24, 2.45) is 0 Å². The fraction of sp³-hybridized carbons (Fsp3) is 0.381. The summed E-state index contributed by atoms with van der Waals surface area (Å²) in [7, 11) is -3.33. The van der Waals surface area contributed by atoms with Crippen molar-refractivity contribution in [3.05, 3.63) is 65.2 Å². The van der Waals surface area contributed by atoms with Gasteiger partial charge in [-0.3, -0.25) is 9.52 Å². The number of carbonyl (C=O) groups excluding carboxylic acids is 1. The number of sulfonamides is 1. The van der Waals surface area contributed by atoms with Gasteiger partial charge in [-0.1, -0.05) is 45.0 Å². The second kappa shape index (κ2) is 8.13. The van der Waals surface area contributed by atoms with Crippen LogP contribution in [0.5, 0.6) is 0 Å². The van der Waals surface area contributed by atoms with E-state index in [-0.39, 0.29) is 23.1 Å². The predicted octanol–water partition coefficient (Wildman–Crippen LogP) is 4.24. The quantitative estimate of drug-likeness (QED) is 0.777. The Balaban J connectivity index is 2.04. The van der Waals surface area contributed by atoms with E-state index in [0.29, 0.717) is 11.3 Å². The molecule has 0 radical (unpaired) electrons. The lowest BCUT2D eigenvalue weighted by molar-refractivity contribution is 0.0940. The fourth-order valence-electron chi connectivity index (χ4n) is 2.58. The van der Waals surface area contributed by atoms with Crippen molar-refractivity contribution in [2.75, 3.05) is 10.5 Å². The van der Waals surface area contributed by atoms with Crippen LogP contribution < -0.4 is 10.0 Å². The van der Waals surface area contributed by atoms with E-state index >= 15 is 0 Å². The molecule has 1 atom stereocenters. The highest BCUT2D eigenvalue weighted by Crippen LogP contribution is 2.24. The van der Waals surface area contributed by atoms with Gasteiger partial charge in [0.2, 0.25) is 10.0 Å². The van der Waals surface area contributed by atoms with Gasteiger partial charge in [0.05, 0.1) is 11.8 Å². The zero-order chi connectivity index (χ0) is 20.2. The zero-order valence-corrected chi connectivity index (χ0v) is 17.4. The minimum Gasteiger partial charge on any atom is -0.346 e. The fourth-order valence-corrected chi connectivity index (χ4v) is 3.22. The largest absolute Gasteiger partial charge is 0.346 e. The number of hydrogen-bond acceptors (Lipinski definition) is 3. The molecular formula is C21H28N2O3S. The van der Waals surface area contributed by atoms with E-state index in [1.165, 1.54) is 5.56 Å². The van der Waals surface area contributed by atoms with Crippen LogP contribution in [0.1, 0.15) is 62.1 Å². The zero-order valence-electron chi connectivity index (χ0n) is 16.5. The molecule has 146 valence electrons. The molecule has 0 unspecified atom stereocenters. The molecule has 0 saturated carbocycles. The Kier molecular flexibility index (Phi) is 6.31.